The Labute approximate surface area is 198 Å². The lowest BCUT2D eigenvalue weighted by molar-refractivity contribution is 0.590. The summed E-state index contributed by atoms with van der Waals surface area (Å²) in [5.74, 6) is 0. The fourth-order valence-electron chi connectivity index (χ4n) is 3.77. The van der Waals surface area contributed by atoms with Crippen molar-refractivity contribution in [3.63, 3.8) is 0 Å². The molecule has 6 nitrogen and oxygen atoms in total. The zero-order valence-electron chi connectivity index (χ0n) is 18.7. The first kappa shape index (κ1) is 23.0. The van der Waals surface area contributed by atoms with Crippen LogP contribution < -0.4 is 16.0 Å². The van der Waals surface area contributed by atoms with Crippen LogP contribution in [0.3, 0.4) is 0 Å². The van der Waals surface area contributed by atoms with Crippen molar-refractivity contribution in [3.8, 4) is 16.8 Å². The van der Waals surface area contributed by atoms with E-state index in [2.05, 4.69) is 30.5 Å². The maximum absolute atomic E-state index is 12.5. The first-order chi connectivity index (χ1) is 15.5. The molecule has 1 aromatic heterocycles. The number of H-pyrrole nitrogens is 1. The largest absolute Gasteiger partial charge is 0.332 e. The van der Waals surface area contributed by atoms with Gasteiger partial charge in [0.1, 0.15) is 11.0 Å². The zero-order valence-corrected chi connectivity index (χ0v) is 20.3. The van der Waals surface area contributed by atoms with Gasteiger partial charge in [-0.25, -0.2) is 9.00 Å². The van der Waals surface area contributed by atoms with Crippen LogP contribution in [0.25, 0.3) is 27.6 Å². The van der Waals surface area contributed by atoms with E-state index < -0.39 is 22.2 Å². The molecule has 2 N–H and O–H groups in total. The Balaban J connectivity index is 1.92. The molecular formula is C25H24ClN3O3S. The molecule has 1 heterocycles. The van der Waals surface area contributed by atoms with Gasteiger partial charge in [-0.2, -0.15) is 0 Å². The lowest BCUT2D eigenvalue weighted by Gasteiger charge is -2.24. The Morgan fingerprint density at radius 1 is 0.970 bits per heavy atom. The van der Waals surface area contributed by atoms with Gasteiger partial charge in [-0.15, -0.1) is 0 Å². The summed E-state index contributed by atoms with van der Waals surface area (Å²) in [5.41, 5.74) is 2.74. The van der Waals surface area contributed by atoms with Gasteiger partial charge in [-0.1, -0.05) is 50.6 Å². The lowest BCUT2D eigenvalue weighted by atomic mass is 9.84. The van der Waals surface area contributed by atoms with E-state index >= 15 is 0 Å². The smallest absolute Gasteiger partial charge is 0.305 e. The summed E-state index contributed by atoms with van der Waals surface area (Å²) in [7, 11) is -1.15. The van der Waals surface area contributed by atoms with Gasteiger partial charge in [-0.05, 0) is 57.6 Å². The molecule has 0 bridgehead atoms. The number of rotatable bonds is 4. The van der Waals surface area contributed by atoms with Crippen LogP contribution in [0, 0.1) is 0 Å². The van der Waals surface area contributed by atoms with Gasteiger partial charge in [0.2, 0.25) is 0 Å². The Kier molecular flexibility index (Phi) is 6.03. The minimum atomic E-state index is -1.15. The van der Waals surface area contributed by atoms with Crippen LogP contribution in [-0.2, 0) is 16.4 Å². The molecule has 0 aliphatic carbocycles. The van der Waals surface area contributed by atoms with Gasteiger partial charge in [0.05, 0.1) is 10.7 Å². The average Bonchev–Trinajstić information content (AvgIpc) is 2.72. The van der Waals surface area contributed by atoms with Crippen molar-refractivity contribution in [2.45, 2.75) is 26.2 Å². The highest BCUT2D eigenvalue weighted by Gasteiger charge is 2.22. The minimum absolute atomic E-state index is 0.277. The molecule has 0 amide bonds. The Morgan fingerprint density at radius 2 is 1.67 bits per heavy atom. The number of hydrogen-bond donors (Lipinski definition) is 2. The Hall–Kier alpha value is -3.16. The SMILES string of the molecule is CS(=O)Nc1ccc2cc(-c3cc(-n4ccc(=O)[nH]c4=O)cc(C(C)(C)C)c3Cl)ccc2c1. The highest BCUT2D eigenvalue weighted by atomic mass is 35.5. The monoisotopic (exact) mass is 481 g/mol. The fraction of sp³-hybridized carbons (Fsp3) is 0.200. The first-order valence-corrected chi connectivity index (χ1v) is 12.3. The van der Waals surface area contributed by atoms with Crippen LogP contribution in [0.4, 0.5) is 5.69 Å². The molecule has 1 atom stereocenters. The van der Waals surface area contributed by atoms with E-state index in [4.69, 9.17) is 11.6 Å². The van der Waals surface area contributed by atoms with Gasteiger partial charge >= 0.3 is 5.69 Å². The standard InChI is InChI=1S/C25H24ClN3O3S/c1-25(2,3)21-14-19(29-10-9-22(30)27-24(29)31)13-20(23(21)26)17-6-5-16-12-18(28-33(4)32)8-7-15(16)11-17/h5-14,28H,1-4H3,(H,27,30,31). The van der Waals surface area contributed by atoms with Crippen LogP contribution in [0.1, 0.15) is 26.3 Å². The van der Waals surface area contributed by atoms with E-state index in [1.165, 1.54) is 16.8 Å². The molecule has 4 aromatic rings. The van der Waals surface area contributed by atoms with E-state index in [-0.39, 0.29) is 5.41 Å². The molecule has 3 aromatic carbocycles. The van der Waals surface area contributed by atoms with E-state index in [1.807, 2.05) is 48.5 Å². The van der Waals surface area contributed by atoms with E-state index in [0.717, 1.165) is 33.2 Å². The van der Waals surface area contributed by atoms with Crippen molar-refractivity contribution < 1.29 is 4.21 Å². The number of fused-ring (bicyclic) bond motifs is 1. The fourth-order valence-corrected chi connectivity index (χ4v) is 4.73. The second-order valence-electron chi connectivity index (χ2n) is 8.92. The number of nitrogens with one attached hydrogen (secondary N) is 2. The topological polar surface area (TPSA) is 84.0 Å². The van der Waals surface area contributed by atoms with Crippen LogP contribution >= 0.6 is 11.6 Å². The summed E-state index contributed by atoms with van der Waals surface area (Å²) in [6, 6.07) is 16.8. The number of aromatic amines is 1. The zero-order chi connectivity index (χ0) is 23.9. The third kappa shape index (κ3) is 4.79. The number of halogens is 1. The van der Waals surface area contributed by atoms with Gasteiger partial charge in [0, 0.05) is 29.8 Å². The molecule has 170 valence electrons. The van der Waals surface area contributed by atoms with Crippen molar-refractivity contribution in [1.82, 2.24) is 9.55 Å². The second-order valence-corrected chi connectivity index (χ2v) is 10.4. The highest BCUT2D eigenvalue weighted by molar-refractivity contribution is 7.85. The van der Waals surface area contributed by atoms with Crippen molar-refractivity contribution in [2.75, 3.05) is 11.0 Å². The number of anilines is 1. The molecule has 8 heteroatoms. The molecule has 0 aliphatic rings. The van der Waals surface area contributed by atoms with Gasteiger partial charge < -0.3 is 4.72 Å². The number of aromatic nitrogens is 2. The molecule has 0 saturated carbocycles. The summed E-state index contributed by atoms with van der Waals surface area (Å²) < 4.78 is 15.8. The molecule has 33 heavy (non-hydrogen) atoms. The van der Waals surface area contributed by atoms with Gasteiger partial charge in [0.15, 0.2) is 0 Å². The predicted molar refractivity (Wildman–Crippen MR) is 137 cm³/mol. The predicted octanol–water partition coefficient (Wildman–Crippen LogP) is 5.00. The molecule has 0 saturated heterocycles. The van der Waals surface area contributed by atoms with Crippen LogP contribution in [0.2, 0.25) is 5.02 Å². The molecule has 0 radical (unpaired) electrons. The van der Waals surface area contributed by atoms with E-state index in [1.54, 1.807) is 6.26 Å². The molecule has 0 spiro atoms. The number of nitrogens with zero attached hydrogens (tertiary/aromatic N) is 1. The third-order valence-electron chi connectivity index (χ3n) is 5.38. The van der Waals surface area contributed by atoms with E-state index in [0.29, 0.717) is 10.7 Å². The lowest BCUT2D eigenvalue weighted by Crippen LogP contribution is -2.27. The van der Waals surface area contributed by atoms with Crippen molar-refractivity contribution in [3.05, 3.63) is 92.2 Å². The molecular weight excluding hydrogens is 458 g/mol. The number of benzene rings is 3. The maximum atomic E-state index is 12.5. The van der Waals surface area contributed by atoms with Crippen LogP contribution in [0.5, 0.6) is 0 Å². The summed E-state index contributed by atoms with van der Waals surface area (Å²) in [5, 5.41) is 2.61. The van der Waals surface area contributed by atoms with E-state index in [9.17, 15) is 13.8 Å². The van der Waals surface area contributed by atoms with Gasteiger partial charge in [-0.3, -0.25) is 14.3 Å². The van der Waals surface area contributed by atoms with Crippen molar-refractivity contribution >= 4 is 39.0 Å². The summed E-state index contributed by atoms with van der Waals surface area (Å²) >= 11 is 6.90. The first-order valence-electron chi connectivity index (χ1n) is 10.3. The van der Waals surface area contributed by atoms with Crippen molar-refractivity contribution in [2.24, 2.45) is 0 Å². The van der Waals surface area contributed by atoms with Crippen molar-refractivity contribution in [1.29, 1.82) is 0 Å². The normalized spacial score (nSPS) is 12.6. The average molecular weight is 482 g/mol. The minimum Gasteiger partial charge on any atom is -0.305 e. The maximum Gasteiger partial charge on any atom is 0.332 e. The summed E-state index contributed by atoms with van der Waals surface area (Å²) in [6.45, 7) is 6.18. The molecule has 0 aliphatic heterocycles. The Morgan fingerprint density at radius 3 is 2.33 bits per heavy atom. The highest BCUT2D eigenvalue weighted by Crippen LogP contribution is 2.39. The summed E-state index contributed by atoms with van der Waals surface area (Å²) in [6.07, 6.45) is 3.05. The third-order valence-corrected chi connectivity index (χ3v) is 6.31. The molecule has 0 fully saturated rings. The Bertz CT molecular complexity index is 1520. The molecule has 1 unspecified atom stereocenters. The number of hydrogen-bond acceptors (Lipinski definition) is 3. The molecule has 4 rings (SSSR count). The van der Waals surface area contributed by atoms with Gasteiger partial charge in [0.25, 0.3) is 5.56 Å². The summed E-state index contributed by atoms with van der Waals surface area (Å²) in [4.78, 5) is 26.3. The van der Waals surface area contributed by atoms with Crippen LogP contribution in [0.15, 0.2) is 70.4 Å². The second kappa shape index (κ2) is 8.65. The quantitative estimate of drug-likeness (QED) is 0.430. The van der Waals surface area contributed by atoms with Crippen LogP contribution in [-0.4, -0.2) is 20.0 Å².